The van der Waals surface area contributed by atoms with Gasteiger partial charge in [0.1, 0.15) is 11.4 Å². The van der Waals surface area contributed by atoms with Gasteiger partial charge in [0.25, 0.3) is 5.69 Å². The Bertz CT molecular complexity index is 967. The Morgan fingerprint density at radius 2 is 1.80 bits per heavy atom. The van der Waals surface area contributed by atoms with Crippen LogP contribution in [-0.4, -0.2) is 17.7 Å². The first-order valence-corrected chi connectivity index (χ1v) is 7.70. The Kier molecular flexibility index (Phi) is 4.61. The van der Waals surface area contributed by atoms with Gasteiger partial charge in [-0.05, 0) is 47.5 Å². The highest BCUT2D eigenvalue weighted by Gasteiger charge is 2.11. The van der Waals surface area contributed by atoms with Gasteiger partial charge in [0, 0.05) is 6.07 Å². The molecular weight excluding hydrogens is 318 g/mol. The second kappa shape index (κ2) is 7.00. The van der Waals surface area contributed by atoms with Crippen LogP contribution in [0.25, 0.3) is 10.8 Å². The number of hydrazone groups is 1. The van der Waals surface area contributed by atoms with Crippen LogP contribution in [0.2, 0.25) is 0 Å². The SMILES string of the molecule is COc1ccc2cc(C(C)=NNc3ccccc3[N+](=O)[O-])ccc2c1. The fraction of sp³-hybridized carbons (Fsp3) is 0.105. The van der Waals surface area contributed by atoms with Gasteiger partial charge in [-0.25, -0.2) is 0 Å². The predicted octanol–water partition coefficient (Wildman–Crippen LogP) is 4.59. The van der Waals surface area contributed by atoms with E-state index in [1.54, 1.807) is 25.3 Å². The van der Waals surface area contributed by atoms with Crippen LogP contribution in [-0.2, 0) is 0 Å². The standard InChI is InChI=1S/C19H17N3O3/c1-13(20-21-18-5-3-4-6-19(18)22(23)24)14-7-8-16-12-17(25-2)10-9-15(16)11-14/h3-12,21H,1-2H3. The highest BCUT2D eigenvalue weighted by Crippen LogP contribution is 2.24. The van der Waals surface area contributed by atoms with E-state index in [4.69, 9.17) is 4.74 Å². The van der Waals surface area contributed by atoms with E-state index in [1.165, 1.54) is 6.07 Å². The quantitative estimate of drug-likeness (QED) is 0.420. The zero-order valence-corrected chi connectivity index (χ0v) is 13.9. The largest absolute Gasteiger partial charge is 0.497 e. The van der Waals surface area contributed by atoms with Crippen LogP contribution in [0.4, 0.5) is 11.4 Å². The molecular formula is C19H17N3O3. The molecule has 0 unspecified atom stereocenters. The summed E-state index contributed by atoms with van der Waals surface area (Å²) in [6, 6.07) is 18.3. The lowest BCUT2D eigenvalue weighted by Crippen LogP contribution is -2.01. The molecule has 6 heteroatoms. The Morgan fingerprint density at radius 1 is 1.08 bits per heavy atom. The van der Waals surface area contributed by atoms with Crippen molar-refractivity contribution in [3.63, 3.8) is 0 Å². The van der Waals surface area contributed by atoms with Crippen LogP contribution in [0.3, 0.4) is 0 Å². The van der Waals surface area contributed by atoms with Crippen molar-refractivity contribution in [2.75, 3.05) is 12.5 Å². The molecule has 0 heterocycles. The van der Waals surface area contributed by atoms with E-state index < -0.39 is 4.92 Å². The molecule has 6 nitrogen and oxygen atoms in total. The Morgan fingerprint density at radius 3 is 2.56 bits per heavy atom. The lowest BCUT2D eigenvalue weighted by Gasteiger charge is -2.07. The lowest BCUT2D eigenvalue weighted by molar-refractivity contribution is -0.384. The van der Waals surface area contributed by atoms with Crippen LogP contribution in [0.15, 0.2) is 65.8 Å². The van der Waals surface area contributed by atoms with Crippen molar-refractivity contribution < 1.29 is 9.66 Å². The van der Waals surface area contributed by atoms with E-state index in [1.807, 2.05) is 43.3 Å². The van der Waals surface area contributed by atoms with Gasteiger partial charge in [0.05, 0.1) is 17.7 Å². The normalized spacial score (nSPS) is 11.4. The fourth-order valence-corrected chi connectivity index (χ4v) is 2.51. The Hall–Kier alpha value is -3.41. The van der Waals surface area contributed by atoms with Crippen molar-refractivity contribution in [1.29, 1.82) is 0 Å². The number of ether oxygens (including phenoxy) is 1. The molecule has 0 aliphatic rings. The number of fused-ring (bicyclic) bond motifs is 1. The smallest absolute Gasteiger partial charge is 0.294 e. The maximum atomic E-state index is 11.0. The number of hydrogen-bond acceptors (Lipinski definition) is 5. The van der Waals surface area contributed by atoms with Crippen LogP contribution in [0, 0.1) is 10.1 Å². The average Bonchev–Trinajstić information content (AvgIpc) is 2.65. The van der Waals surface area contributed by atoms with Crippen molar-refractivity contribution in [3.05, 3.63) is 76.3 Å². The molecule has 25 heavy (non-hydrogen) atoms. The van der Waals surface area contributed by atoms with Crippen LogP contribution in [0.5, 0.6) is 5.75 Å². The van der Waals surface area contributed by atoms with Crippen LogP contribution >= 0.6 is 0 Å². The average molecular weight is 335 g/mol. The van der Waals surface area contributed by atoms with Gasteiger partial charge in [0.2, 0.25) is 0 Å². The number of nitro groups is 1. The molecule has 0 aromatic heterocycles. The summed E-state index contributed by atoms with van der Waals surface area (Å²) in [7, 11) is 1.64. The van der Waals surface area contributed by atoms with E-state index in [2.05, 4.69) is 10.5 Å². The third-order valence-electron chi connectivity index (χ3n) is 3.91. The number of para-hydroxylation sites is 2. The van der Waals surface area contributed by atoms with Crippen LogP contribution in [0.1, 0.15) is 12.5 Å². The van der Waals surface area contributed by atoms with Crippen molar-refractivity contribution in [1.82, 2.24) is 0 Å². The molecule has 3 aromatic rings. The summed E-state index contributed by atoms with van der Waals surface area (Å²) in [5, 5.41) is 17.5. The molecule has 0 spiro atoms. The molecule has 0 aliphatic heterocycles. The minimum atomic E-state index is -0.434. The molecule has 0 atom stereocenters. The summed E-state index contributed by atoms with van der Waals surface area (Å²) in [6.07, 6.45) is 0. The number of rotatable bonds is 5. The number of benzene rings is 3. The minimum Gasteiger partial charge on any atom is -0.497 e. The molecule has 0 saturated heterocycles. The van der Waals surface area contributed by atoms with Gasteiger partial charge in [-0.15, -0.1) is 0 Å². The number of nitro benzene ring substituents is 1. The van der Waals surface area contributed by atoms with E-state index in [9.17, 15) is 10.1 Å². The zero-order valence-electron chi connectivity index (χ0n) is 13.9. The molecule has 3 aromatic carbocycles. The molecule has 0 aliphatic carbocycles. The van der Waals surface area contributed by atoms with E-state index in [0.717, 1.165) is 27.8 Å². The minimum absolute atomic E-state index is 0.00958. The van der Waals surface area contributed by atoms with Gasteiger partial charge in [-0.2, -0.15) is 5.10 Å². The van der Waals surface area contributed by atoms with Crippen molar-refractivity contribution in [2.24, 2.45) is 5.10 Å². The van der Waals surface area contributed by atoms with Gasteiger partial charge in [-0.3, -0.25) is 15.5 Å². The van der Waals surface area contributed by atoms with E-state index in [0.29, 0.717) is 5.69 Å². The Balaban J connectivity index is 1.87. The van der Waals surface area contributed by atoms with Crippen molar-refractivity contribution in [3.8, 4) is 5.75 Å². The molecule has 126 valence electrons. The Labute approximate surface area is 144 Å². The highest BCUT2D eigenvalue weighted by molar-refractivity contribution is 6.02. The predicted molar refractivity (Wildman–Crippen MR) is 99.4 cm³/mol. The summed E-state index contributed by atoms with van der Waals surface area (Å²) in [5.74, 6) is 0.809. The lowest BCUT2D eigenvalue weighted by atomic mass is 10.0. The monoisotopic (exact) mass is 335 g/mol. The third-order valence-corrected chi connectivity index (χ3v) is 3.91. The first kappa shape index (κ1) is 16.4. The molecule has 0 fully saturated rings. The summed E-state index contributed by atoms with van der Waals surface area (Å²) in [6.45, 7) is 1.85. The number of anilines is 1. The summed E-state index contributed by atoms with van der Waals surface area (Å²) >= 11 is 0. The zero-order chi connectivity index (χ0) is 17.8. The third kappa shape index (κ3) is 3.58. The highest BCUT2D eigenvalue weighted by atomic mass is 16.6. The topological polar surface area (TPSA) is 76.8 Å². The molecule has 0 bridgehead atoms. The van der Waals surface area contributed by atoms with Gasteiger partial charge < -0.3 is 4.74 Å². The second-order valence-electron chi connectivity index (χ2n) is 5.51. The van der Waals surface area contributed by atoms with Gasteiger partial charge in [-0.1, -0.05) is 30.3 Å². The second-order valence-corrected chi connectivity index (χ2v) is 5.51. The fourth-order valence-electron chi connectivity index (χ4n) is 2.51. The number of methoxy groups -OCH3 is 1. The molecule has 3 rings (SSSR count). The van der Waals surface area contributed by atoms with Gasteiger partial charge in [0.15, 0.2) is 0 Å². The van der Waals surface area contributed by atoms with E-state index >= 15 is 0 Å². The maximum Gasteiger partial charge on any atom is 0.294 e. The maximum absolute atomic E-state index is 11.0. The van der Waals surface area contributed by atoms with Crippen LogP contribution < -0.4 is 10.2 Å². The van der Waals surface area contributed by atoms with Gasteiger partial charge >= 0.3 is 0 Å². The first-order valence-electron chi connectivity index (χ1n) is 7.70. The number of hydrogen-bond donors (Lipinski definition) is 1. The molecule has 1 N–H and O–H groups in total. The molecule has 0 amide bonds. The summed E-state index contributed by atoms with van der Waals surface area (Å²) in [5.41, 5.74) is 4.80. The number of nitrogens with zero attached hydrogens (tertiary/aromatic N) is 2. The summed E-state index contributed by atoms with van der Waals surface area (Å²) < 4.78 is 5.23. The number of nitrogens with one attached hydrogen (secondary N) is 1. The first-order chi connectivity index (χ1) is 12.1. The summed E-state index contributed by atoms with van der Waals surface area (Å²) in [4.78, 5) is 10.6. The van der Waals surface area contributed by atoms with Crippen molar-refractivity contribution in [2.45, 2.75) is 6.92 Å². The van der Waals surface area contributed by atoms with E-state index in [-0.39, 0.29) is 5.69 Å². The molecule has 0 saturated carbocycles. The molecule has 0 radical (unpaired) electrons. The van der Waals surface area contributed by atoms with Crippen molar-refractivity contribution >= 4 is 27.9 Å².